The lowest BCUT2D eigenvalue weighted by Gasteiger charge is -2.34. The molecule has 2 amide bonds. The molecule has 2 aromatic rings. The molecular weight excluding hydrogens is 514 g/mol. The van der Waals surface area contributed by atoms with Crippen LogP contribution in [-0.2, 0) is 14.8 Å². The van der Waals surface area contributed by atoms with Crippen molar-refractivity contribution in [1.82, 2.24) is 4.90 Å². The average molecular weight is 548 g/mol. The lowest BCUT2D eigenvalue weighted by molar-refractivity contribution is 0.0198. The minimum atomic E-state index is -3.38. The molecule has 4 rings (SSSR count). The van der Waals surface area contributed by atoms with E-state index in [-0.39, 0.29) is 28.4 Å². The van der Waals surface area contributed by atoms with Crippen LogP contribution >= 0.6 is 11.6 Å². The number of hydrogen-bond donors (Lipinski definition) is 1. The maximum Gasteiger partial charge on any atom is 0.410 e. The van der Waals surface area contributed by atoms with Crippen molar-refractivity contribution in [2.24, 2.45) is 0 Å². The molecule has 0 saturated carbocycles. The molecular formula is C27H34ClN3O5S. The van der Waals surface area contributed by atoms with E-state index in [1.54, 1.807) is 17.0 Å². The number of anilines is 2. The molecule has 0 spiro atoms. The highest BCUT2D eigenvalue weighted by molar-refractivity contribution is 7.93. The lowest BCUT2D eigenvalue weighted by Crippen LogP contribution is -2.42. The fraction of sp³-hybridized carbons (Fsp3) is 0.481. The fourth-order valence-electron chi connectivity index (χ4n) is 4.83. The number of carbonyl (C=O) groups excluding carboxylic acids is 2. The van der Waals surface area contributed by atoms with Gasteiger partial charge in [-0.05, 0) is 88.4 Å². The summed E-state index contributed by atoms with van der Waals surface area (Å²) in [5.74, 6) is -0.210. The number of rotatable bonds is 4. The van der Waals surface area contributed by atoms with E-state index < -0.39 is 21.5 Å². The summed E-state index contributed by atoms with van der Waals surface area (Å²) in [5.41, 5.74) is 2.71. The van der Waals surface area contributed by atoms with E-state index in [0.717, 1.165) is 24.0 Å². The van der Waals surface area contributed by atoms with Crippen LogP contribution in [0.1, 0.15) is 67.4 Å². The Morgan fingerprint density at radius 1 is 1.08 bits per heavy atom. The second kappa shape index (κ2) is 10.5. The molecule has 8 nitrogen and oxygen atoms in total. The molecule has 0 radical (unpaired) electrons. The number of hydrogen-bond acceptors (Lipinski definition) is 5. The van der Waals surface area contributed by atoms with Crippen molar-refractivity contribution in [3.63, 3.8) is 0 Å². The van der Waals surface area contributed by atoms with E-state index >= 15 is 0 Å². The van der Waals surface area contributed by atoms with Crippen LogP contribution in [-0.4, -0.2) is 56.3 Å². The quantitative estimate of drug-likeness (QED) is 0.541. The number of carbonyl (C=O) groups is 2. The van der Waals surface area contributed by atoms with Crippen molar-refractivity contribution < 1.29 is 22.7 Å². The van der Waals surface area contributed by atoms with E-state index in [1.807, 2.05) is 39.8 Å². The molecule has 10 heteroatoms. The predicted molar refractivity (Wildman–Crippen MR) is 146 cm³/mol. The van der Waals surface area contributed by atoms with Gasteiger partial charge >= 0.3 is 6.09 Å². The van der Waals surface area contributed by atoms with Crippen molar-refractivity contribution in [3.8, 4) is 0 Å². The highest BCUT2D eigenvalue weighted by Gasteiger charge is 2.30. The average Bonchev–Trinajstić information content (AvgIpc) is 3.17. The van der Waals surface area contributed by atoms with E-state index in [4.69, 9.17) is 16.3 Å². The molecule has 2 aliphatic rings. The van der Waals surface area contributed by atoms with Crippen molar-refractivity contribution in [1.29, 1.82) is 0 Å². The van der Waals surface area contributed by atoms with Gasteiger partial charge in [0.15, 0.2) is 0 Å². The Balaban J connectivity index is 1.52. The highest BCUT2D eigenvalue weighted by Crippen LogP contribution is 2.32. The molecule has 2 saturated heterocycles. The molecule has 1 atom stereocenters. The molecule has 2 aromatic carbocycles. The van der Waals surface area contributed by atoms with Crippen LogP contribution < -0.4 is 9.62 Å². The summed E-state index contributed by atoms with van der Waals surface area (Å²) in [4.78, 5) is 27.6. The minimum absolute atomic E-state index is 0.0930. The van der Waals surface area contributed by atoms with Crippen LogP contribution in [0.2, 0.25) is 5.02 Å². The van der Waals surface area contributed by atoms with E-state index in [1.165, 1.54) is 10.4 Å². The van der Waals surface area contributed by atoms with Gasteiger partial charge in [-0.3, -0.25) is 9.10 Å². The van der Waals surface area contributed by atoms with Crippen molar-refractivity contribution in [2.45, 2.75) is 58.5 Å². The summed E-state index contributed by atoms with van der Waals surface area (Å²) >= 11 is 6.33. The van der Waals surface area contributed by atoms with Gasteiger partial charge in [-0.2, -0.15) is 0 Å². The summed E-state index contributed by atoms with van der Waals surface area (Å²) in [6.07, 6.45) is 2.02. The monoisotopic (exact) mass is 547 g/mol. The molecule has 0 aliphatic carbocycles. The van der Waals surface area contributed by atoms with E-state index in [2.05, 4.69) is 11.4 Å². The SMILES string of the molecule is Cc1cc(NC(=O)c2cc(N3CCCS3(=O)=O)ccc2Cl)cc(C2CCCN(C(=O)OC(C)(C)C)C2)c1. The Labute approximate surface area is 224 Å². The fourth-order valence-corrected chi connectivity index (χ4v) is 6.59. The van der Waals surface area contributed by atoms with Crippen LogP contribution in [0.5, 0.6) is 0 Å². The molecule has 1 N–H and O–H groups in total. The maximum atomic E-state index is 13.2. The topological polar surface area (TPSA) is 96.0 Å². The Kier molecular flexibility index (Phi) is 7.76. The molecule has 0 aromatic heterocycles. The van der Waals surface area contributed by atoms with Gasteiger partial charge in [0, 0.05) is 31.2 Å². The smallest absolute Gasteiger partial charge is 0.410 e. The molecule has 2 aliphatic heterocycles. The third-order valence-corrected chi connectivity index (χ3v) is 8.68. The predicted octanol–water partition coefficient (Wildman–Crippen LogP) is 5.56. The number of aryl methyl sites for hydroxylation is 1. The summed E-state index contributed by atoms with van der Waals surface area (Å²) in [6.45, 7) is 9.11. The Hall–Kier alpha value is -2.78. The highest BCUT2D eigenvalue weighted by atomic mass is 35.5. The summed E-state index contributed by atoms with van der Waals surface area (Å²) in [6, 6.07) is 10.6. The molecule has 37 heavy (non-hydrogen) atoms. The number of amides is 2. The number of likely N-dealkylation sites (tertiary alicyclic amines) is 1. The number of benzene rings is 2. The third-order valence-electron chi connectivity index (χ3n) is 6.48. The van der Waals surface area contributed by atoms with Crippen LogP contribution in [0.15, 0.2) is 36.4 Å². The van der Waals surface area contributed by atoms with Gasteiger partial charge in [0.2, 0.25) is 10.0 Å². The molecule has 2 heterocycles. The van der Waals surface area contributed by atoms with Crippen molar-refractivity contribution in [2.75, 3.05) is 35.0 Å². The Morgan fingerprint density at radius 3 is 2.51 bits per heavy atom. The number of nitrogens with one attached hydrogen (secondary N) is 1. The van der Waals surface area contributed by atoms with Crippen LogP contribution in [0.25, 0.3) is 0 Å². The summed E-state index contributed by atoms with van der Waals surface area (Å²) < 4.78 is 31.6. The van der Waals surface area contributed by atoms with Gasteiger partial charge in [0.1, 0.15) is 5.60 Å². The minimum Gasteiger partial charge on any atom is -0.444 e. The Bertz CT molecular complexity index is 1310. The van der Waals surface area contributed by atoms with E-state index in [9.17, 15) is 18.0 Å². The second-order valence-corrected chi connectivity index (χ2v) is 13.2. The summed E-state index contributed by atoms with van der Waals surface area (Å²) in [5, 5.41) is 3.17. The lowest BCUT2D eigenvalue weighted by atomic mass is 9.89. The zero-order chi connectivity index (χ0) is 27.0. The van der Waals surface area contributed by atoms with Gasteiger partial charge in [0.05, 0.1) is 22.0 Å². The van der Waals surface area contributed by atoms with Gasteiger partial charge in [-0.15, -0.1) is 0 Å². The first kappa shape index (κ1) is 27.3. The number of nitrogens with zero attached hydrogens (tertiary/aromatic N) is 2. The van der Waals surface area contributed by atoms with E-state index in [0.29, 0.717) is 37.4 Å². The van der Waals surface area contributed by atoms with Crippen molar-refractivity contribution >= 4 is 45.0 Å². The molecule has 1 unspecified atom stereocenters. The summed E-state index contributed by atoms with van der Waals surface area (Å²) in [7, 11) is -3.38. The van der Waals surface area contributed by atoms with Crippen molar-refractivity contribution in [3.05, 3.63) is 58.1 Å². The standard InChI is InChI=1S/C27H34ClN3O5S/c1-18-13-20(19-7-5-10-30(17-19)26(33)36-27(2,3)4)15-21(14-18)29-25(32)23-16-22(8-9-24(23)28)31-11-6-12-37(31,34)35/h8-9,13-16,19H,5-7,10-12,17H2,1-4H3,(H,29,32). The third kappa shape index (κ3) is 6.57. The van der Waals surface area contributed by atoms with Gasteiger partial charge in [-0.1, -0.05) is 17.7 Å². The Morgan fingerprint density at radius 2 is 1.84 bits per heavy atom. The molecule has 200 valence electrons. The zero-order valence-electron chi connectivity index (χ0n) is 21.7. The first-order valence-electron chi connectivity index (χ1n) is 12.5. The van der Waals surface area contributed by atoms with Gasteiger partial charge < -0.3 is 15.0 Å². The zero-order valence-corrected chi connectivity index (χ0v) is 23.3. The van der Waals surface area contributed by atoms with Gasteiger partial charge in [0.25, 0.3) is 5.91 Å². The normalized spacial score (nSPS) is 19.5. The van der Waals surface area contributed by atoms with Gasteiger partial charge in [-0.25, -0.2) is 13.2 Å². The number of halogens is 1. The van der Waals surface area contributed by atoms with Crippen LogP contribution in [0.3, 0.4) is 0 Å². The second-order valence-electron chi connectivity index (χ2n) is 10.8. The maximum absolute atomic E-state index is 13.2. The number of ether oxygens (including phenoxy) is 1. The first-order chi connectivity index (χ1) is 17.3. The first-order valence-corrected chi connectivity index (χ1v) is 14.5. The molecule has 0 bridgehead atoms. The molecule has 2 fully saturated rings. The number of sulfonamides is 1. The van der Waals surface area contributed by atoms with Crippen LogP contribution in [0.4, 0.5) is 16.2 Å². The largest absolute Gasteiger partial charge is 0.444 e. The van der Waals surface area contributed by atoms with Crippen LogP contribution in [0, 0.1) is 6.92 Å². The number of piperidine rings is 1.